The van der Waals surface area contributed by atoms with Gasteiger partial charge in [-0.15, -0.1) is 0 Å². The second kappa shape index (κ2) is 6.82. The standard InChI is InChI=1S/C15H15Cl3N2O/c1-3-13-15(18)14(20(2)19-13)8-11(21)6-9-4-5-10(16)7-12(9)17/h4-5,7H,3,6,8H2,1-2H3. The summed E-state index contributed by atoms with van der Waals surface area (Å²) in [6.07, 6.45) is 1.23. The second-order valence-corrected chi connectivity index (χ2v) is 6.03. The van der Waals surface area contributed by atoms with Gasteiger partial charge in [0.15, 0.2) is 0 Å². The molecule has 2 rings (SSSR count). The summed E-state index contributed by atoms with van der Waals surface area (Å²) in [5.74, 6) is 0.0341. The van der Waals surface area contributed by atoms with Gasteiger partial charge in [0.1, 0.15) is 5.78 Å². The Bertz CT molecular complexity index is 680. The van der Waals surface area contributed by atoms with Crippen molar-refractivity contribution in [2.24, 2.45) is 7.05 Å². The van der Waals surface area contributed by atoms with Crippen molar-refractivity contribution in [1.29, 1.82) is 0 Å². The number of hydrogen-bond donors (Lipinski definition) is 0. The van der Waals surface area contributed by atoms with E-state index in [9.17, 15) is 4.79 Å². The first-order valence-corrected chi connectivity index (χ1v) is 7.71. The molecule has 6 heteroatoms. The van der Waals surface area contributed by atoms with Crippen LogP contribution in [0.3, 0.4) is 0 Å². The number of halogens is 3. The molecule has 0 atom stereocenters. The van der Waals surface area contributed by atoms with Gasteiger partial charge in [0, 0.05) is 23.5 Å². The summed E-state index contributed by atoms with van der Waals surface area (Å²) in [6, 6.07) is 5.13. The molecule has 0 N–H and O–H groups in total. The third-order valence-electron chi connectivity index (χ3n) is 3.27. The van der Waals surface area contributed by atoms with Gasteiger partial charge in [-0.05, 0) is 24.1 Å². The Kier molecular flexibility index (Phi) is 5.31. The monoisotopic (exact) mass is 344 g/mol. The molecule has 0 aliphatic heterocycles. The lowest BCUT2D eigenvalue weighted by molar-refractivity contribution is -0.117. The van der Waals surface area contributed by atoms with Gasteiger partial charge in [-0.3, -0.25) is 9.48 Å². The Morgan fingerprint density at radius 1 is 1.24 bits per heavy atom. The molecule has 1 aromatic carbocycles. The van der Waals surface area contributed by atoms with E-state index in [1.54, 1.807) is 29.9 Å². The molecule has 0 aliphatic carbocycles. The number of Topliss-reactive ketones (excluding diaryl/α,β-unsaturated/α-hetero) is 1. The first kappa shape index (κ1) is 16.3. The highest BCUT2D eigenvalue weighted by Crippen LogP contribution is 2.24. The number of hydrogen-bond acceptors (Lipinski definition) is 2. The number of rotatable bonds is 5. The van der Waals surface area contributed by atoms with Gasteiger partial charge in [-0.1, -0.05) is 47.8 Å². The van der Waals surface area contributed by atoms with Gasteiger partial charge in [0.05, 0.1) is 22.8 Å². The Labute approximate surface area is 138 Å². The largest absolute Gasteiger partial charge is 0.299 e. The molecule has 1 aromatic heterocycles. The van der Waals surface area contributed by atoms with Crippen LogP contribution in [0.15, 0.2) is 18.2 Å². The summed E-state index contributed by atoms with van der Waals surface area (Å²) < 4.78 is 1.67. The zero-order valence-corrected chi connectivity index (χ0v) is 14.1. The van der Waals surface area contributed by atoms with Crippen LogP contribution in [0.2, 0.25) is 15.1 Å². The maximum atomic E-state index is 12.2. The summed E-state index contributed by atoms with van der Waals surface area (Å²) in [6.45, 7) is 1.98. The minimum Gasteiger partial charge on any atom is -0.299 e. The lowest BCUT2D eigenvalue weighted by Crippen LogP contribution is -2.10. The number of carbonyl (C=O) groups excluding carboxylic acids is 1. The number of ketones is 1. The molecule has 0 fully saturated rings. The van der Waals surface area contributed by atoms with Gasteiger partial charge >= 0.3 is 0 Å². The third-order valence-corrected chi connectivity index (χ3v) is 4.29. The summed E-state index contributed by atoms with van der Waals surface area (Å²) in [5, 5.41) is 5.94. The van der Waals surface area contributed by atoms with Crippen LogP contribution in [0, 0.1) is 0 Å². The molecule has 1 heterocycles. The quantitative estimate of drug-likeness (QED) is 0.810. The van der Waals surface area contributed by atoms with Crippen molar-refractivity contribution >= 4 is 40.6 Å². The Morgan fingerprint density at radius 3 is 2.52 bits per heavy atom. The van der Waals surface area contributed by atoms with Crippen LogP contribution in [0.25, 0.3) is 0 Å². The Morgan fingerprint density at radius 2 is 1.95 bits per heavy atom. The molecule has 0 spiro atoms. The van der Waals surface area contributed by atoms with Crippen molar-refractivity contribution in [3.05, 3.63) is 50.2 Å². The zero-order valence-electron chi connectivity index (χ0n) is 11.8. The summed E-state index contributed by atoms with van der Waals surface area (Å²) in [7, 11) is 1.79. The number of carbonyl (C=O) groups is 1. The van der Waals surface area contributed by atoms with Gasteiger partial charge in [-0.2, -0.15) is 5.10 Å². The zero-order chi connectivity index (χ0) is 15.6. The van der Waals surface area contributed by atoms with Crippen molar-refractivity contribution in [1.82, 2.24) is 9.78 Å². The average Bonchev–Trinajstić information content (AvgIpc) is 2.69. The van der Waals surface area contributed by atoms with Crippen molar-refractivity contribution in [2.45, 2.75) is 26.2 Å². The van der Waals surface area contributed by atoms with Crippen LogP contribution in [-0.2, 0) is 31.1 Å². The molecule has 0 amide bonds. The Hall–Kier alpha value is -1.03. The average molecular weight is 346 g/mol. The minimum atomic E-state index is 0.0341. The summed E-state index contributed by atoms with van der Waals surface area (Å²) in [5.41, 5.74) is 2.31. The molecule has 0 saturated heterocycles. The normalized spacial score (nSPS) is 10.9. The number of nitrogens with zero attached hydrogens (tertiary/aromatic N) is 2. The lowest BCUT2D eigenvalue weighted by Gasteiger charge is -2.05. The number of benzene rings is 1. The molecule has 3 nitrogen and oxygen atoms in total. The molecule has 0 aliphatic rings. The van der Waals surface area contributed by atoms with E-state index >= 15 is 0 Å². The van der Waals surface area contributed by atoms with Gasteiger partial charge in [0.2, 0.25) is 0 Å². The highest BCUT2D eigenvalue weighted by molar-refractivity contribution is 6.35. The van der Waals surface area contributed by atoms with E-state index in [4.69, 9.17) is 34.8 Å². The van der Waals surface area contributed by atoms with Crippen molar-refractivity contribution in [2.75, 3.05) is 0 Å². The first-order chi connectivity index (χ1) is 9.92. The molecule has 0 radical (unpaired) electrons. The van der Waals surface area contributed by atoms with E-state index in [-0.39, 0.29) is 18.6 Å². The van der Waals surface area contributed by atoms with Crippen molar-refractivity contribution in [3.8, 4) is 0 Å². The summed E-state index contributed by atoms with van der Waals surface area (Å²) in [4.78, 5) is 12.2. The van der Waals surface area contributed by atoms with Crippen molar-refractivity contribution in [3.63, 3.8) is 0 Å². The molecule has 2 aromatic rings. The molecule has 21 heavy (non-hydrogen) atoms. The Balaban J connectivity index is 2.13. The van der Waals surface area contributed by atoms with Crippen LogP contribution in [0.5, 0.6) is 0 Å². The van der Waals surface area contributed by atoms with E-state index in [0.717, 1.165) is 23.4 Å². The van der Waals surface area contributed by atoms with Crippen LogP contribution in [-0.4, -0.2) is 15.6 Å². The summed E-state index contributed by atoms with van der Waals surface area (Å²) >= 11 is 18.2. The maximum absolute atomic E-state index is 12.2. The fraction of sp³-hybridized carbons (Fsp3) is 0.333. The minimum absolute atomic E-state index is 0.0341. The maximum Gasteiger partial charge on any atom is 0.143 e. The lowest BCUT2D eigenvalue weighted by atomic mass is 10.1. The fourth-order valence-electron chi connectivity index (χ4n) is 2.14. The number of aromatic nitrogens is 2. The SMILES string of the molecule is CCc1nn(C)c(CC(=O)Cc2ccc(Cl)cc2Cl)c1Cl. The molecule has 112 valence electrons. The van der Waals surface area contributed by atoms with Gasteiger partial charge < -0.3 is 0 Å². The number of aryl methyl sites for hydroxylation is 2. The third kappa shape index (κ3) is 3.79. The van der Waals surface area contributed by atoms with E-state index in [0.29, 0.717) is 15.1 Å². The fourth-order valence-corrected chi connectivity index (χ4v) is 2.97. The smallest absolute Gasteiger partial charge is 0.143 e. The first-order valence-electron chi connectivity index (χ1n) is 6.58. The van der Waals surface area contributed by atoms with E-state index in [1.165, 1.54) is 0 Å². The highest BCUT2D eigenvalue weighted by Gasteiger charge is 2.17. The molecular formula is C15H15Cl3N2O. The predicted octanol–water partition coefficient (Wildman–Crippen LogP) is 4.30. The molecule has 0 bridgehead atoms. The molecule has 0 saturated carbocycles. The van der Waals surface area contributed by atoms with Crippen LogP contribution >= 0.6 is 34.8 Å². The van der Waals surface area contributed by atoms with Crippen molar-refractivity contribution < 1.29 is 4.79 Å². The topological polar surface area (TPSA) is 34.9 Å². The van der Waals surface area contributed by atoms with Gasteiger partial charge in [0.25, 0.3) is 0 Å². The molecule has 0 unspecified atom stereocenters. The predicted molar refractivity (Wildman–Crippen MR) is 86.5 cm³/mol. The van der Waals surface area contributed by atoms with E-state index in [1.807, 2.05) is 6.92 Å². The van der Waals surface area contributed by atoms with Crippen LogP contribution in [0.4, 0.5) is 0 Å². The molecular weight excluding hydrogens is 331 g/mol. The second-order valence-electron chi connectivity index (χ2n) is 4.81. The van der Waals surface area contributed by atoms with Gasteiger partial charge in [-0.25, -0.2) is 0 Å². The van der Waals surface area contributed by atoms with E-state index in [2.05, 4.69) is 5.10 Å². The van der Waals surface area contributed by atoms with Crippen LogP contribution in [0.1, 0.15) is 23.9 Å². The van der Waals surface area contributed by atoms with Crippen LogP contribution < -0.4 is 0 Å². The highest BCUT2D eigenvalue weighted by atomic mass is 35.5. The van der Waals surface area contributed by atoms with E-state index < -0.39 is 0 Å².